The summed E-state index contributed by atoms with van der Waals surface area (Å²) in [7, 11) is 5.94. The number of aliphatic hydroxyl groups excluding tert-OH is 2. The number of rotatable bonds is 9. The van der Waals surface area contributed by atoms with Gasteiger partial charge in [-0.3, -0.25) is 9.69 Å². The van der Waals surface area contributed by atoms with E-state index in [0.29, 0.717) is 13.1 Å². The summed E-state index contributed by atoms with van der Waals surface area (Å²) in [5, 5.41) is 51.1. The van der Waals surface area contributed by atoms with Crippen molar-refractivity contribution in [2.24, 2.45) is 28.6 Å². The molecule has 13 nitrogen and oxygen atoms in total. The fourth-order valence-electron chi connectivity index (χ4n) is 12.3. The van der Waals surface area contributed by atoms with Crippen LogP contribution in [-0.2, 0) is 33.2 Å². The molecule has 15 atom stereocenters. The van der Waals surface area contributed by atoms with Gasteiger partial charge in [-0.05, 0) is 18.7 Å². The summed E-state index contributed by atoms with van der Waals surface area (Å²) in [6, 6.07) is 7.64. The van der Waals surface area contributed by atoms with Gasteiger partial charge in [0.15, 0.2) is 5.60 Å². The molecule has 47 heavy (non-hydrogen) atoms. The van der Waals surface area contributed by atoms with Crippen LogP contribution in [0.2, 0.25) is 0 Å². The van der Waals surface area contributed by atoms with Crippen LogP contribution in [0.5, 0.6) is 0 Å². The van der Waals surface area contributed by atoms with Crippen molar-refractivity contribution in [1.29, 1.82) is 0 Å². The molecule has 5 aliphatic carbocycles. The Bertz CT molecular complexity index is 1410. The number of methoxy groups -OCH3 is 4. The van der Waals surface area contributed by atoms with Gasteiger partial charge >= 0.3 is 11.9 Å². The molecule has 6 fully saturated rings. The maximum absolute atomic E-state index is 13.8. The zero-order valence-corrected chi connectivity index (χ0v) is 27.7. The number of nitrogens with zero attached hydrogens (tertiary/aromatic N) is 1. The first-order valence-corrected chi connectivity index (χ1v) is 16.4. The Labute approximate surface area is 274 Å². The highest BCUT2D eigenvalue weighted by Crippen LogP contribution is 2.81. The summed E-state index contributed by atoms with van der Waals surface area (Å²) in [4.78, 5) is 29.2. The lowest BCUT2D eigenvalue weighted by molar-refractivity contribution is -0.355. The average Bonchev–Trinajstić information content (AvgIpc) is 3.39. The Kier molecular flexibility index (Phi) is 7.72. The highest BCUT2D eigenvalue weighted by molar-refractivity contribution is 5.89. The first-order valence-electron chi connectivity index (χ1n) is 16.4. The van der Waals surface area contributed by atoms with Crippen LogP contribution in [0.3, 0.4) is 0 Å². The standard InChI is InChI=1S/C34H47NO12/c1-7-35-15-30(16-42-3)19(37)13-20(43-4)33-23(30)22(44-5)21(25(33)35)34(47-17(2)36)24-27(46-29(39)18-11-9-8-10-12-18)31(40,14-32(24,33)41)28(45-6)26(34)38/h8-12,19-28,37-38,40-41H,7,13-16H2,1-6H3/t19?,20-,21-,22-,23+,24-,25+,26-,27+,28-,30-,31?,32-,33+,34-/m0/s1. The molecule has 1 spiro atoms. The molecule has 1 aromatic rings. The van der Waals surface area contributed by atoms with Crippen LogP contribution in [0.4, 0.5) is 0 Å². The monoisotopic (exact) mass is 661 g/mol. The fourth-order valence-corrected chi connectivity index (χ4v) is 12.3. The van der Waals surface area contributed by atoms with E-state index in [1.54, 1.807) is 37.4 Å². The van der Waals surface area contributed by atoms with Gasteiger partial charge in [0, 0.05) is 83.5 Å². The molecule has 4 N–H and O–H groups in total. The predicted molar refractivity (Wildman–Crippen MR) is 162 cm³/mol. The number of hydrogen-bond acceptors (Lipinski definition) is 13. The molecule has 0 aromatic heterocycles. The first-order chi connectivity index (χ1) is 22.3. The van der Waals surface area contributed by atoms with Crippen molar-refractivity contribution in [2.45, 2.75) is 86.2 Å². The molecular weight excluding hydrogens is 614 g/mol. The van der Waals surface area contributed by atoms with Crippen molar-refractivity contribution >= 4 is 11.9 Å². The molecule has 7 rings (SSSR count). The number of carbonyl (C=O) groups excluding carboxylic acids is 2. The lowest BCUT2D eigenvalue weighted by Gasteiger charge is -2.72. The summed E-state index contributed by atoms with van der Waals surface area (Å²) >= 11 is 0. The highest BCUT2D eigenvalue weighted by atomic mass is 16.6. The first kappa shape index (κ1) is 33.3. The number of esters is 2. The van der Waals surface area contributed by atoms with E-state index in [4.69, 9.17) is 28.4 Å². The number of fused-ring (bicyclic) bond motifs is 2. The number of hydrogen-bond donors (Lipinski definition) is 4. The molecule has 7 bridgehead atoms. The number of aliphatic hydroxyl groups is 4. The second kappa shape index (κ2) is 10.9. The van der Waals surface area contributed by atoms with E-state index in [1.165, 1.54) is 28.3 Å². The molecule has 1 aromatic carbocycles. The van der Waals surface area contributed by atoms with Crippen LogP contribution in [0, 0.1) is 28.6 Å². The third-order valence-electron chi connectivity index (χ3n) is 13.2. The molecule has 0 radical (unpaired) electrons. The molecule has 1 heterocycles. The Morgan fingerprint density at radius 1 is 0.979 bits per heavy atom. The van der Waals surface area contributed by atoms with Crippen molar-refractivity contribution < 1.29 is 58.4 Å². The van der Waals surface area contributed by atoms with Crippen molar-refractivity contribution in [2.75, 3.05) is 48.1 Å². The van der Waals surface area contributed by atoms with Gasteiger partial charge in [-0.15, -0.1) is 0 Å². The lowest BCUT2D eigenvalue weighted by Crippen LogP contribution is -2.85. The van der Waals surface area contributed by atoms with Crippen LogP contribution < -0.4 is 0 Å². The largest absolute Gasteiger partial charge is 0.455 e. The molecule has 5 saturated carbocycles. The van der Waals surface area contributed by atoms with Crippen molar-refractivity contribution in [3.8, 4) is 0 Å². The quantitative estimate of drug-likeness (QED) is 0.256. The van der Waals surface area contributed by atoms with Crippen molar-refractivity contribution in [1.82, 2.24) is 4.90 Å². The van der Waals surface area contributed by atoms with E-state index in [-0.39, 0.29) is 18.6 Å². The number of likely N-dealkylation sites (tertiary alicyclic amines) is 1. The smallest absolute Gasteiger partial charge is 0.338 e. The second-order valence-corrected chi connectivity index (χ2v) is 14.6. The number of ether oxygens (including phenoxy) is 6. The zero-order chi connectivity index (χ0) is 33.9. The fraction of sp³-hybridized carbons (Fsp3) is 0.765. The Morgan fingerprint density at radius 3 is 2.26 bits per heavy atom. The number of carbonyl (C=O) groups is 2. The average molecular weight is 662 g/mol. The van der Waals surface area contributed by atoms with Crippen LogP contribution in [0.1, 0.15) is 37.0 Å². The zero-order valence-electron chi connectivity index (χ0n) is 27.7. The van der Waals surface area contributed by atoms with Crippen LogP contribution in [-0.4, -0.2) is 145 Å². The summed E-state index contributed by atoms with van der Waals surface area (Å²) in [6.07, 6.45) is -7.38. The second-order valence-electron chi connectivity index (χ2n) is 14.6. The van der Waals surface area contributed by atoms with E-state index in [9.17, 15) is 30.0 Å². The minimum Gasteiger partial charge on any atom is -0.455 e. The van der Waals surface area contributed by atoms with Gasteiger partial charge in [-0.25, -0.2) is 4.79 Å². The molecular formula is C34H47NO12. The van der Waals surface area contributed by atoms with Gasteiger partial charge in [0.25, 0.3) is 0 Å². The number of benzene rings is 1. The van der Waals surface area contributed by atoms with Crippen molar-refractivity contribution in [3.63, 3.8) is 0 Å². The van der Waals surface area contributed by atoms with E-state index >= 15 is 0 Å². The number of piperidine rings is 1. The lowest BCUT2D eigenvalue weighted by atomic mass is 9.40. The molecule has 2 unspecified atom stereocenters. The Morgan fingerprint density at radius 2 is 1.68 bits per heavy atom. The normalized spacial score (nSPS) is 50.7. The van der Waals surface area contributed by atoms with Gasteiger partial charge in [0.1, 0.15) is 23.9 Å². The Hall–Kier alpha value is -2.20. The van der Waals surface area contributed by atoms with Crippen molar-refractivity contribution in [3.05, 3.63) is 35.9 Å². The van der Waals surface area contributed by atoms with Gasteiger partial charge in [0.2, 0.25) is 0 Å². The van der Waals surface area contributed by atoms with E-state index < -0.39 is 106 Å². The van der Waals surface area contributed by atoms with E-state index in [2.05, 4.69) is 4.90 Å². The third-order valence-corrected chi connectivity index (χ3v) is 13.2. The van der Waals surface area contributed by atoms with E-state index in [1.807, 2.05) is 6.92 Å². The predicted octanol–water partition coefficient (Wildman–Crippen LogP) is -0.237. The molecule has 0 amide bonds. The maximum atomic E-state index is 13.8. The molecule has 13 heteroatoms. The van der Waals surface area contributed by atoms with Crippen LogP contribution in [0.15, 0.2) is 30.3 Å². The summed E-state index contributed by atoms with van der Waals surface area (Å²) in [6.45, 7) is 4.15. The maximum Gasteiger partial charge on any atom is 0.338 e. The third kappa shape index (κ3) is 3.65. The molecule has 6 aliphatic rings. The van der Waals surface area contributed by atoms with Crippen LogP contribution in [0.25, 0.3) is 0 Å². The molecule has 1 aliphatic heterocycles. The SMILES string of the molecule is CCN1C[C@]2(COC)C(O)C[C@H](OC)[C@@]34[C@@H]2[C@@H](OC)[C@@H]([C@@H]13)[C@]1(OC(C)=O)[C@H]2[C@@H](OC(=O)c3ccccc3)C(O)(C[C@]24O)[C@@H](OC)[C@@H]1O. The Balaban J connectivity index is 1.57. The topological polar surface area (TPSA) is 174 Å². The molecule has 260 valence electrons. The van der Waals surface area contributed by atoms with Gasteiger partial charge in [0.05, 0.1) is 42.0 Å². The van der Waals surface area contributed by atoms with Crippen LogP contribution >= 0.6 is 0 Å². The van der Waals surface area contributed by atoms with Gasteiger partial charge in [-0.2, -0.15) is 0 Å². The summed E-state index contributed by atoms with van der Waals surface area (Å²) < 4.78 is 36.9. The summed E-state index contributed by atoms with van der Waals surface area (Å²) in [5.41, 5.74) is -8.15. The highest BCUT2D eigenvalue weighted by Gasteiger charge is 2.96. The van der Waals surface area contributed by atoms with Gasteiger partial charge in [-0.1, -0.05) is 25.1 Å². The molecule has 1 saturated heterocycles. The van der Waals surface area contributed by atoms with E-state index in [0.717, 1.165) is 0 Å². The summed E-state index contributed by atoms with van der Waals surface area (Å²) in [5.74, 6) is -4.34. The van der Waals surface area contributed by atoms with Gasteiger partial charge < -0.3 is 48.8 Å². The minimum atomic E-state index is -2.12. The minimum absolute atomic E-state index is 0.119.